The highest BCUT2D eigenvalue weighted by Gasteiger charge is 2.10. The van der Waals surface area contributed by atoms with Crippen LogP contribution < -0.4 is 0 Å². The Morgan fingerprint density at radius 1 is 1.31 bits per heavy atom. The van der Waals surface area contributed by atoms with Crippen molar-refractivity contribution in [2.24, 2.45) is 0 Å². The average Bonchev–Trinajstić information content (AvgIpc) is 2.62. The molecule has 0 saturated carbocycles. The maximum Gasteiger partial charge on any atom is 0.152 e. The van der Waals surface area contributed by atoms with E-state index in [9.17, 15) is 4.79 Å². The zero-order chi connectivity index (χ0) is 11.1. The number of hydrogen-bond donors (Lipinski definition) is 0. The molecular formula is C12H7BrN2O. The first-order valence-electron chi connectivity index (χ1n) is 4.80. The van der Waals surface area contributed by atoms with Gasteiger partial charge in [0, 0.05) is 27.8 Å². The van der Waals surface area contributed by atoms with E-state index in [0.717, 1.165) is 27.2 Å². The van der Waals surface area contributed by atoms with Crippen LogP contribution in [0.4, 0.5) is 0 Å². The minimum Gasteiger partial charge on any atom is -0.313 e. The van der Waals surface area contributed by atoms with Gasteiger partial charge < -0.3 is 4.40 Å². The number of benzene rings is 1. The lowest BCUT2D eigenvalue weighted by atomic mass is 10.2. The molecule has 3 rings (SSSR count). The van der Waals surface area contributed by atoms with Crippen LogP contribution in [-0.2, 0) is 0 Å². The van der Waals surface area contributed by atoms with Crippen molar-refractivity contribution in [3.8, 4) is 0 Å². The van der Waals surface area contributed by atoms with Gasteiger partial charge in [0.2, 0.25) is 0 Å². The van der Waals surface area contributed by atoms with Crippen LogP contribution in [0.1, 0.15) is 10.4 Å². The third-order valence-corrected chi connectivity index (χ3v) is 3.15. The summed E-state index contributed by atoms with van der Waals surface area (Å²) in [4.78, 5) is 15.2. The fraction of sp³-hybridized carbons (Fsp3) is 0. The molecule has 0 aliphatic heterocycles. The van der Waals surface area contributed by atoms with Gasteiger partial charge in [-0.15, -0.1) is 0 Å². The first-order chi connectivity index (χ1) is 7.81. The summed E-state index contributed by atoms with van der Waals surface area (Å²) in [6.45, 7) is 0. The van der Waals surface area contributed by atoms with Gasteiger partial charge in [-0.05, 0) is 12.1 Å². The monoisotopic (exact) mass is 274 g/mol. The molecule has 2 aromatic heterocycles. The molecule has 2 heterocycles. The molecule has 0 spiro atoms. The van der Waals surface area contributed by atoms with E-state index in [-0.39, 0.29) is 0 Å². The highest BCUT2D eigenvalue weighted by molar-refractivity contribution is 9.10. The zero-order valence-corrected chi connectivity index (χ0v) is 9.81. The van der Waals surface area contributed by atoms with Crippen LogP contribution in [0, 0.1) is 0 Å². The van der Waals surface area contributed by atoms with Crippen molar-refractivity contribution in [1.82, 2.24) is 9.38 Å². The van der Waals surface area contributed by atoms with Gasteiger partial charge in [-0.25, -0.2) is 0 Å². The Balaban J connectivity index is 2.64. The first kappa shape index (κ1) is 9.54. The Hall–Kier alpha value is -1.68. The van der Waals surface area contributed by atoms with Gasteiger partial charge in [0.15, 0.2) is 6.29 Å². The summed E-state index contributed by atoms with van der Waals surface area (Å²) in [5.74, 6) is 0. The molecule has 0 saturated heterocycles. The molecule has 0 fully saturated rings. The molecule has 3 aromatic rings. The van der Waals surface area contributed by atoms with Crippen LogP contribution in [-0.4, -0.2) is 15.7 Å². The average molecular weight is 275 g/mol. The highest BCUT2D eigenvalue weighted by Crippen LogP contribution is 2.27. The predicted molar refractivity (Wildman–Crippen MR) is 65.8 cm³/mol. The SMILES string of the molecule is O=Cc1c2ccc(Br)cc2n2ccncc12. The third kappa shape index (κ3) is 1.20. The lowest BCUT2D eigenvalue weighted by Crippen LogP contribution is -1.85. The first-order valence-corrected chi connectivity index (χ1v) is 5.59. The Labute approximate surface area is 99.8 Å². The Morgan fingerprint density at radius 3 is 3.00 bits per heavy atom. The number of aldehydes is 1. The van der Waals surface area contributed by atoms with Crippen molar-refractivity contribution in [1.29, 1.82) is 0 Å². The largest absolute Gasteiger partial charge is 0.313 e. The van der Waals surface area contributed by atoms with Crippen molar-refractivity contribution in [3.63, 3.8) is 0 Å². The number of nitrogens with zero attached hydrogens (tertiary/aromatic N) is 2. The normalized spacial score (nSPS) is 11.1. The minimum absolute atomic E-state index is 0.690. The van der Waals surface area contributed by atoms with Crippen LogP contribution >= 0.6 is 15.9 Å². The minimum atomic E-state index is 0.690. The van der Waals surface area contributed by atoms with Crippen molar-refractivity contribution < 1.29 is 4.79 Å². The number of fused-ring (bicyclic) bond motifs is 3. The van der Waals surface area contributed by atoms with Gasteiger partial charge in [0.25, 0.3) is 0 Å². The molecule has 0 atom stereocenters. The van der Waals surface area contributed by atoms with Gasteiger partial charge in [-0.1, -0.05) is 22.0 Å². The summed E-state index contributed by atoms with van der Waals surface area (Å²) < 4.78 is 2.96. The summed E-state index contributed by atoms with van der Waals surface area (Å²) in [6, 6.07) is 5.87. The second-order valence-corrected chi connectivity index (χ2v) is 4.44. The zero-order valence-electron chi connectivity index (χ0n) is 8.22. The van der Waals surface area contributed by atoms with Crippen molar-refractivity contribution in [2.75, 3.05) is 0 Å². The molecule has 0 unspecified atom stereocenters. The Kier molecular flexibility index (Phi) is 2.04. The van der Waals surface area contributed by atoms with E-state index in [2.05, 4.69) is 20.9 Å². The summed E-state index contributed by atoms with van der Waals surface area (Å²) in [5, 5.41) is 0.950. The fourth-order valence-electron chi connectivity index (χ4n) is 1.96. The number of carbonyl (C=O) groups is 1. The van der Waals surface area contributed by atoms with Gasteiger partial charge in [-0.2, -0.15) is 0 Å². The molecule has 0 aliphatic carbocycles. The molecular weight excluding hydrogens is 268 g/mol. The lowest BCUT2D eigenvalue weighted by Gasteiger charge is -1.95. The van der Waals surface area contributed by atoms with Gasteiger partial charge >= 0.3 is 0 Å². The van der Waals surface area contributed by atoms with E-state index in [1.165, 1.54) is 0 Å². The van der Waals surface area contributed by atoms with E-state index in [1.807, 2.05) is 28.8 Å². The summed E-state index contributed by atoms with van der Waals surface area (Å²) in [7, 11) is 0. The molecule has 0 radical (unpaired) electrons. The van der Waals surface area contributed by atoms with Crippen LogP contribution in [0.25, 0.3) is 16.4 Å². The summed E-state index contributed by atoms with van der Waals surface area (Å²) >= 11 is 3.43. The van der Waals surface area contributed by atoms with E-state index in [0.29, 0.717) is 5.56 Å². The van der Waals surface area contributed by atoms with Gasteiger partial charge in [-0.3, -0.25) is 9.78 Å². The highest BCUT2D eigenvalue weighted by atomic mass is 79.9. The Bertz CT molecular complexity index is 703. The number of aromatic nitrogens is 2. The second kappa shape index (κ2) is 3.42. The molecule has 0 aliphatic rings. The molecule has 3 nitrogen and oxygen atoms in total. The number of hydrogen-bond acceptors (Lipinski definition) is 2. The van der Waals surface area contributed by atoms with E-state index in [1.54, 1.807) is 12.4 Å². The number of carbonyl (C=O) groups excluding carboxylic acids is 1. The summed E-state index contributed by atoms with van der Waals surface area (Å²) in [5.41, 5.74) is 2.54. The van der Waals surface area contributed by atoms with Crippen LogP contribution in [0.3, 0.4) is 0 Å². The van der Waals surface area contributed by atoms with Crippen molar-refractivity contribution in [3.05, 3.63) is 46.8 Å². The maximum absolute atomic E-state index is 11.1. The predicted octanol–water partition coefficient (Wildman–Crippen LogP) is 3.06. The van der Waals surface area contributed by atoms with Crippen LogP contribution in [0.5, 0.6) is 0 Å². The number of rotatable bonds is 1. The number of halogens is 1. The maximum atomic E-state index is 11.1. The summed E-state index contributed by atoms with van der Waals surface area (Å²) in [6.07, 6.45) is 6.16. The second-order valence-electron chi connectivity index (χ2n) is 3.52. The molecule has 0 amide bonds. The van der Waals surface area contributed by atoms with Crippen molar-refractivity contribution >= 4 is 38.6 Å². The van der Waals surface area contributed by atoms with E-state index in [4.69, 9.17) is 0 Å². The third-order valence-electron chi connectivity index (χ3n) is 2.66. The quantitative estimate of drug-likeness (QED) is 0.640. The van der Waals surface area contributed by atoms with Gasteiger partial charge in [0.05, 0.1) is 17.2 Å². The van der Waals surface area contributed by atoms with Crippen LogP contribution in [0.2, 0.25) is 0 Å². The van der Waals surface area contributed by atoms with E-state index >= 15 is 0 Å². The Morgan fingerprint density at radius 2 is 2.19 bits per heavy atom. The molecule has 16 heavy (non-hydrogen) atoms. The van der Waals surface area contributed by atoms with Crippen LogP contribution in [0.15, 0.2) is 41.3 Å². The molecule has 1 aromatic carbocycles. The lowest BCUT2D eigenvalue weighted by molar-refractivity contribution is 0.112. The molecule has 0 bridgehead atoms. The molecule has 4 heteroatoms. The van der Waals surface area contributed by atoms with Crippen molar-refractivity contribution in [2.45, 2.75) is 0 Å². The topological polar surface area (TPSA) is 34.4 Å². The van der Waals surface area contributed by atoms with E-state index < -0.39 is 0 Å². The smallest absolute Gasteiger partial charge is 0.152 e. The van der Waals surface area contributed by atoms with Gasteiger partial charge in [0.1, 0.15) is 0 Å². The standard InChI is InChI=1S/C12H7BrN2O/c13-8-1-2-9-10(7-16)12-6-14-3-4-15(12)11(9)5-8/h1-7H. The molecule has 78 valence electrons. The molecule has 0 N–H and O–H groups in total. The fourth-order valence-corrected chi connectivity index (χ4v) is 2.31.